The molecule has 0 unspecified atom stereocenters. The molecule has 0 radical (unpaired) electrons. The van der Waals surface area contributed by atoms with E-state index in [0.29, 0.717) is 13.1 Å². The van der Waals surface area contributed by atoms with Crippen molar-refractivity contribution in [2.75, 3.05) is 0 Å². The number of rotatable bonds is 1. The van der Waals surface area contributed by atoms with Crippen molar-refractivity contribution in [3.05, 3.63) is 80.4 Å². The van der Waals surface area contributed by atoms with E-state index in [1.165, 1.54) is 11.1 Å². The van der Waals surface area contributed by atoms with Gasteiger partial charge in [-0.15, -0.1) is 0 Å². The smallest absolute Gasteiger partial charge is 0.258 e. The van der Waals surface area contributed by atoms with Crippen LogP contribution in [0.2, 0.25) is 0 Å². The maximum atomic E-state index is 13.4. The molecule has 4 aromatic rings. The summed E-state index contributed by atoms with van der Waals surface area (Å²) in [6.45, 7) is 5.40. The van der Waals surface area contributed by atoms with Gasteiger partial charge < -0.3 is 9.13 Å². The predicted molar refractivity (Wildman–Crippen MR) is 110 cm³/mol. The normalized spacial score (nSPS) is 13.4. The monoisotopic (exact) mass is 356 g/mol. The Balaban J connectivity index is 1.94. The maximum absolute atomic E-state index is 13.4. The van der Waals surface area contributed by atoms with Gasteiger partial charge in [0.05, 0.1) is 11.0 Å². The fourth-order valence-corrected chi connectivity index (χ4v) is 4.19. The van der Waals surface area contributed by atoms with Gasteiger partial charge >= 0.3 is 0 Å². The lowest BCUT2D eigenvalue weighted by atomic mass is 9.99. The molecule has 0 bridgehead atoms. The Morgan fingerprint density at radius 3 is 2.26 bits per heavy atom. The second-order valence-electron chi connectivity index (χ2n) is 7.43. The van der Waals surface area contributed by atoms with Crippen LogP contribution in [0.25, 0.3) is 32.9 Å². The first-order chi connectivity index (χ1) is 13.0. The second-order valence-corrected chi connectivity index (χ2v) is 7.43. The summed E-state index contributed by atoms with van der Waals surface area (Å²) in [4.78, 5) is 25.8. The van der Waals surface area contributed by atoms with E-state index in [9.17, 15) is 9.59 Å². The standard InChI is InChI=1S/C23H20N2O2/c1-14-4-5-17(12-15(14)2)19-13-18-7-6-16-8-9-20(26)24-10-3-11-25(23(19)27)22(18)21(16)24/h4-9,12-13H,3,10-11H2,1-2H3. The van der Waals surface area contributed by atoms with Gasteiger partial charge in [0.15, 0.2) is 0 Å². The molecule has 0 saturated carbocycles. The minimum absolute atomic E-state index is 0.00543. The first kappa shape index (κ1) is 16.1. The average molecular weight is 356 g/mol. The Morgan fingerprint density at radius 2 is 1.44 bits per heavy atom. The Morgan fingerprint density at radius 1 is 0.741 bits per heavy atom. The molecule has 3 heterocycles. The minimum Gasteiger partial charge on any atom is -0.306 e. The number of hydrogen-bond donors (Lipinski definition) is 0. The Hall–Kier alpha value is -3.14. The summed E-state index contributed by atoms with van der Waals surface area (Å²) in [6.07, 6.45) is 0.763. The maximum Gasteiger partial charge on any atom is 0.258 e. The molecule has 0 atom stereocenters. The molecule has 0 N–H and O–H groups in total. The van der Waals surface area contributed by atoms with Crippen molar-refractivity contribution in [1.82, 2.24) is 9.13 Å². The highest BCUT2D eigenvalue weighted by Crippen LogP contribution is 2.29. The van der Waals surface area contributed by atoms with Crippen LogP contribution in [-0.2, 0) is 13.1 Å². The molecular weight excluding hydrogens is 336 g/mol. The molecule has 2 aromatic heterocycles. The first-order valence-corrected chi connectivity index (χ1v) is 9.32. The average Bonchev–Trinajstić information content (AvgIpc) is 2.87. The number of pyridine rings is 2. The molecule has 27 heavy (non-hydrogen) atoms. The molecule has 5 rings (SSSR count). The van der Waals surface area contributed by atoms with Crippen LogP contribution in [0, 0.1) is 13.8 Å². The molecule has 4 nitrogen and oxygen atoms in total. The van der Waals surface area contributed by atoms with Crippen LogP contribution in [0.3, 0.4) is 0 Å². The molecule has 1 aliphatic heterocycles. The summed E-state index contributed by atoms with van der Waals surface area (Å²) in [5, 5.41) is 1.99. The number of benzene rings is 2. The molecule has 0 amide bonds. The van der Waals surface area contributed by atoms with E-state index in [4.69, 9.17) is 0 Å². The highest BCUT2D eigenvalue weighted by atomic mass is 16.1. The van der Waals surface area contributed by atoms with Gasteiger partial charge in [0, 0.05) is 35.5 Å². The lowest BCUT2D eigenvalue weighted by Crippen LogP contribution is -2.22. The summed E-state index contributed by atoms with van der Waals surface area (Å²) in [5.41, 5.74) is 5.82. The van der Waals surface area contributed by atoms with Crippen molar-refractivity contribution in [3.8, 4) is 11.1 Å². The van der Waals surface area contributed by atoms with Crippen molar-refractivity contribution in [3.63, 3.8) is 0 Å². The summed E-state index contributed by atoms with van der Waals surface area (Å²) in [7, 11) is 0. The zero-order valence-corrected chi connectivity index (χ0v) is 15.5. The molecule has 0 spiro atoms. The number of aromatic nitrogens is 2. The Kier molecular flexibility index (Phi) is 3.38. The van der Waals surface area contributed by atoms with E-state index >= 15 is 0 Å². The van der Waals surface area contributed by atoms with Crippen LogP contribution < -0.4 is 11.1 Å². The van der Waals surface area contributed by atoms with Gasteiger partial charge in [-0.2, -0.15) is 0 Å². The largest absolute Gasteiger partial charge is 0.306 e. The van der Waals surface area contributed by atoms with E-state index in [1.54, 1.807) is 6.07 Å². The molecular formula is C23H20N2O2. The molecule has 0 fully saturated rings. The molecule has 2 aromatic carbocycles. The van der Waals surface area contributed by atoms with E-state index in [0.717, 1.165) is 39.4 Å². The van der Waals surface area contributed by atoms with Crippen LogP contribution in [0.4, 0.5) is 0 Å². The highest BCUT2D eigenvalue weighted by molar-refractivity contribution is 6.04. The molecule has 134 valence electrons. The molecule has 1 aliphatic rings. The quantitative estimate of drug-likeness (QED) is 0.484. The third kappa shape index (κ3) is 2.29. The van der Waals surface area contributed by atoms with Gasteiger partial charge in [-0.25, -0.2) is 0 Å². The van der Waals surface area contributed by atoms with Crippen molar-refractivity contribution in [2.24, 2.45) is 0 Å². The fraction of sp³-hybridized carbons (Fsp3) is 0.217. The van der Waals surface area contributed by atoms with Crippen molar-refractivity contribution < 1.29 is 0 Å². The summed E-state index contributed by atoms with van der Waals surface area (Å²) >= 11 is 0. The Labute approximate surface area is 156 Å². The van der Waals surface area contributed by atoms with Crippen molar-refractivity contribution in [2.45, 2.75) is 33.4 Å². The summed E-state index contributed by atoms with van der Waals surface area (Å²) < 4.78 is 3.68. The van der Waals surface area contributed by atoms with Crippen molar-refractivity contribution >= 4 is 21.8 Å². The van der Waals surface area contributed by atoms with Crippen molar-refractivity contribution in [1.29, 1.82) is 0 Å². The predicted octanol–water partition coefficient (Wildman–Crippen LogP) is 4.00. The van der Waals surface area contributed by atoms with Crippen LogP contribution in [0.15, 0.2) is 58.1 Å². The van der Waals surface area contributed by atoms with Crippen LogP contribution >= 0.6 is 0 Å². The second kappa shape index (κ2) is 5.68. The van der Waals surface area contributed by atoms with E-state index in [-0.39, 0.29) is 11.1 Å². The third-order valence-corrected chi connectivity index (χ3v) is 5.78. The number of hydrogen-bond acceptors (Lipinski definition) is 2. The lowest BCUT2D eigenvalue weighted by molar-refractivity contribution is 0.580. The van der Waals surface area contributed by atoms with E-state index in [1.807, 2.05) is 33.4 Å². The highest BCUT2D eigenvalue weighted by Gasteiger charge is 2.18. The van der Waals surface area contributed by atoms with Gasteiger partial charge in [-0.1, -0.05) is 30.3 Å². The SMILES string of the molecule is Cc1ccc(-c2cc3ccc4ccc(=O)n5c4c3n(c2=O)CCC5)cc1C. The summed E-state index contributed by atoms with van der Waals surface area (Å²) in [6, 6.07) is 15.7. The van der Waals surface area contributed by atoms with Gasteiger partial charge in [-0.3, -0.25) is 9.59 Å². The van der Waals surface area contributed by atoms with Gasteiger partial charge in [-0.05, 0) is 49.1 Å². The molecule has 0 aliphatic carbocycles. The van der Waals surface area contributed by atoms with Gasteiger partial charge in [0.25, 0.3) is 11.1 Å². The third-order valence-electron chi connectivity index (χ3n) is 5.78. The topological polar surface area (TPSA) is 44.0 Å². The van der Waals surface area contributed by atoms with Gasteiger partial charge in [0.2, 0.25) is 0 Å². The van der Waals surface area contributed by atoms with E-state index < -0.39 is 0 Å². The minimum atomic E-state index is -0.00543. The fourth-order valence-electron chi connectivity index (χ4n) is 4.19. The Bertz CT molecular complexity index is 1360. The number of nitrogens with zero attached hydrogens (tertiary/aromatic N) is 2. The van der Waals surface area contributed by atoms with Gasteiger partial charge in [0.1, 0.15) is 0 Å². The van der Waals surface area contributed by atoms with Crippen LogP contribution in [0.1, 0.15) is 17.5 Å². The van der Waals surface area contributed by atoms with E-state index in [2.05, 4.69) is 32.0 Å². The van der Waals surface area contributed by atoms with Crippen LogP contribution in [-0.4, -0.2) is 9.13 Å². The zero-order chi connectivity index (χ0) is 18.7. The number of aryl methyl sites for hydroxylation is 4. The van der Waals surface area contributed by atoms with Crippen LogP contribution in [0.5, 0.6) is 0 Å². The summed E-state index contributed by atoms with van der Waals surface area (Å²) in [5.74, 6) is 0. The first-order valence-electron chi connectivity index (χ1n) is 9.32. The molecule has 0 saturated heterocycles. The molecule has 4 heteroatoms. The lowest BCUT2D eigenvalue weighted by Gasteiger charge is -2.14. The zero-order valence-electron chi connectivity index (χ0n) is 15.5.